The quantitative estimate of drug-likeness (QED) is 0.738. The van der Waals surface area contributed by atoms with Gasteiger partial charge < -0.3 is 0 Å². The maximum Gasteiger partial charge on any atom is 0.301 e. The van der Waals surface area contributed by atoms with Crippen LogP contribution in [0.3, 0.4) is 0 Å². The van der Waals surface area contributed by atoms with Crippen LogP contribution in [0, 0.1) is 0 Å². The van der Waals surface area contributed by atoms with Crippen molar-refractivity contribution >= 4 is 23.3 Å². The second-order valence-corrected chi connectivity index (χ2v) is 4.18. The Morgan fingerprint density at radius 3 is 2.77 bits per heavy atom. The predicted molar refractivity (Wildman–Crippen MR) is 45.6 cm³/mol. The molecule has 7 heteroatoms. The summed E-state index contributed by atoms with van der Waals surface area (Å²) in [7, 11) is 0. The molecule has 0 saturated carbocycles. The van der Waals surface area contributed by atoms with Gasteiger partial charge in [-0.2, -0.15) is 8.78 Å². The third-order valence-corrected chi connectivity index (χ3v) is 2.95. The minimum atomic E-state index is -2.23. The van der Waals surface area contributed by atoms with Crippen LogP contribution in [-0.2, 0) is 0 Å². The van der Waals surface area contributed by atoms with Crippen molar-refractivity contribution in [2.45, 2.75) is 10.6 Å². The normalized spacial score (nSPS) is 10.1. The second kappa shape index (κ2) is 5.23. The standard InChI is InChI=1S/C6H5F3N2S2/c7-4(6(8)9)1-2-12-5-3-10-11-13-5/h3H,1-2H2. The Labute approximate surface area is 81.0 Å². The van der Waals surface area contributed by atoms with E-state index in [1.165, 1.54) is 18.0 Å². The summed E-state index contributed by atoms with van der Waals surface area (Å²) < 4.78 is 39.7. The van der Waals surface area contributed by atoms with Crippen molar-refractivity contribution < 1.29 is 13.2 Å². The fourth-order valence-electron chi connectivity index (χ4n) is 0.557. The summed E-state index contributed by atoms with van der Waals surface area (Å²) in [4.78, 5) is 0. The van der Waals surface area contributed by atoms with Crippen molar-refractivity contribution in [1.29, 1.82) is 0 Å². The first-order valence-corrected chi connectivity index (χ1v) is 5.06. The van der Waals surface area contributed by atoms with Crippen LogP contribution in [0.1, 0.15) is 6.42 Å². The Hall–Kier alpha value is -0.560. The molecular weight excluding hydrogens is 221 g/mol. The molecule has 72 valence electrons. The Kier molecular flexibility index (Phi) is 4.23. The van der Waals surface area contributed by atoms with Gasteiger partial charge in [0.1, 0.15) is 4.21 Å². The minimum absolute atomic E-state index is 0.259. The van der Waals surface area contributed by atoms with Crippen molar-refractivity contribution in [3.05, 3.63) is 18.1 Å². The Balaban J connectivity index is 2.26. The van der Waals surface area contributed by atoms with Crippen LogP contribution in [0.4, 0.5) is 13.2 Å². The third-order valence-electron chi connectivity index (χ3n) is 1.11. The molecule has 0 radical (unpaired) electrons. The van der Waals surface area contributed by atoms with Crippen LogP contribution in [0.15, 0.2) is 22.3 Å². The first-order chi connectivity index (χ1) is 6.20. The molecule has 0 saturated heterocycles. The number of allylic oxidation sites excluding steroid dienone is 1. The molecule has 0 unspecified atom stereocenters. The van der Waals surface area contributed by atoms with Gasteiger partial charge in [-0.15, -0.1) is 16.9 Å². The van der Waals surface area contributed by atoms with Gasteiger partial charge in [-0.25, -0.2) is 4.39 Å². The molecule has 0 aliphatic heterocycles. The monoisotopic (exact) mass is 226 g/mol. The van der Waals surface area contributed by atoms with E-state index < -0.39 is 11.9 Å². The molecule has 0 aromatic carbocycles. The largest absolute Gasteiger partial charge is 0.301 e. The number of halogens is 3. The van der Waals surface area contributed by atoms with Gasteiger partial charge in [-0.3, -0.25) is 0 Å². The maximum absolute atomic E-state index is 12.2. The van der Waals surface area contributed by atoms with Gasteiger partial charge in [-0.1, -0.05) is 4.49 Å². The third kappa shape index (κ3) is 3.77. The molecule has 1 heterocycles. The summed E-state index contributed by atoms with van der Waals surface area (Å²) in [5.41, 5.74) is 0. The molecule has 0 bridgehead atoms. The lowest BCUT2D eigenvalue weighted by molar-refractivity contribution is 0.373. The molecule has 1 rings (SSSR count). The molecule has 0 fully saturated rings. The van der Waals surface area contributed by atoms with Gasteiger partial charge in [0.15, 0.2) is 5.83 Å². The number of thioether (sulfide) groups is 1. The molecule has 0 N–H and O–H groups in total. The molecule has 0 aliphatic rings. The fraction of sp³-hybridized carbons (Fsp3) is 0.333. The van der Waals surface area contributed by atoms with Gasteiger partial charge in [0.25, 0.3) is 0 Å². The van der Waals surface area contributed by atoms with E-state index in [1.54, 1.807) is 0 Å². The smallest absolute Gasteiger partial charge is 0.206 e. The van der Waals surface area contributed by atoms with E-state index in [2.05, 4.69) is 9.59 Å². The van der Waals surface area contributed by atoms with Crippen LogP contribution < -0.4 is 0 Å². The lowest BCUT2D eigenvalue weighted by Crippen LogP contribution is -1.81. The number of hydrogen-bond donors (Lipinski definition) is 0. The van der Waals surface area contributed by atoms with Gasteiger partial charge in [-0.05, 0) is 11.5 Å². The summed E-state index contributed by atoms with van der Waals surface area (Å²) in [5.74, 6) is -1.07. The molecule has 0 spiro atoms. The lowest BCUT2D eigenvalue weighted by Gasteiger charge is -1.94. The summed E-state index contributed by atoms with van der Waals surface area (Å²) in [6, 6.07) is 0. The van der Waals surface area contributed by atoms with E-state index in [-0.39, 0.29) is 12.2 Å². The van der Waals surface area contributed by atoms with Crippen molar-refractivity contribution in [3.63, 3.8) is 0 Å². The van der Waals surface area contributed by atoms with E-state index in [4.69, 9.17) is 0 Å². The summed E-state index contributed by atoms with van der Waals surface area (Å²) in [6.07, 6.45) is -0.976. The molecule has 0 atom stereocenters. The molecular formula is C6H5F3N2S2. The molecule has 2 nitrogen and oxygen atoms in total. The first-order valence-electron chi connectivity index (χ1n) is 3.30. The second-order valence-electron chi connectivity index (χ2n) is 2.00. The van der Waals surface area contributed by atoms with E-state index in [1.807, 2.05) is 0 Å². The zero-order valence-electron chi connectivity index (χ0n) is 6.34. The fourth-order valence-corrected chi connectivity index (χ4v) is 1.99. The van der Waals surface area contributed by atoms with E-state index in [9.17, 15) is 13.2 Å². The molecule has 1 aromatic rings. The van der Waals surface area contributed by atoms with Crippen molar-refractivity contribution in [3.8, 4) is 0 Å². The zero-order chi connectivity index (χ0) is 9.68. The molecule has 0 aliphatic carbocycles. The highest BCUT2D eigenvalue weighted by molar-refractivity contribution is 8.01. The van der Waals surface area contributed by atoms with E-state index in [0.717, 1.165) is 15.7 Å². The Morgan fingerprint density at radius 2 is 2.23 bits per heavy atom. The highest BCUT2D eigenvalue weighted by Crippen LogP contribution is 2.23. The van der Waals surface area contributed by atoms with Gasteiger partial charge in [0, 0.05) is 12.2 Å². The number of rotatable bonds is 4. The van der Waals surface area contributed by atoms with Crippen LogP contribution in [0.25, 0.3) is 0 Å². The van der Waals surface area contributed by atoms with Gasteiger partial charge in [0.05, 0.1) is 6.20 Å². The van der Waals surface area contributed by atoms with Crippen molar-refractivity contribution in [2.24, 2.45) is 0 Å². The average Bonchev–Trinajstić information content (AvgIpc) is 2.56. The first kappa shape index (κ1) is 10.5. The molecule has 0 amide bonds. The minimum Gasteiger partial charge on any atom is -0.206 e. The van der Waals surface area contributed by atoms with Crippen LogP contribution in [0.5, 0.6) is 0 Å². The highest BCUT2D eigenvalue weighted by Gasteiger charge is 2.05. The molecule has 13 heavy (non-hydrogen) atoms. The summed E-state index contributed by atoms with van der Waals surface area (Å²) in [6.45, 7) is 0. The topological polar surface area (TPSA) is 25.8 Å². The summed E-state index contributed by atoms with van der Waals surface area (Å²) in [5, 5.41) is 3.55. The average molecular weight is 226 g/mol. The Morgan fingerprint density at radius 1 is 1.46 bits per heavy atom. The predicted octanol–water partition coefficient (Wildman–Crippen LogP) is 3.10. The van der Waals surface area contributed by atoms with Crippen LogP contribution in [0.2, 0.25) is 0 Å². The van der Waals surface area contributed by atoms with Crippen molar-refractivity contribution in [2.75, 3.05) is 5.75 Å². The number of nitrogens with zero attached hydrogens (tertiary/aromatic N) is 2. The highest BCUT2D eigenvalue weighted by atomic mass is 32.2. The van der Waals surface area contributed by atoms with Crippen LogP contribution >= 0.6 is 23.3 Å². The number of aromatic nitrogens is 2. The summed E-state index contributed by atoms with van der Waals surface area (Å²) >= 11 is 2.42. The molecule has 1 aromatic heterocycles. The van der Waals surface area contributed by atoms with Crippen LogP contribution in [-0.4, -0.2) is 15.3 Å². The Bertz CT molecular complexity index is 282. The maximum atomic E-state index is 12.2. The van der Waals surface area contributed by atoms with Gasteiger partial charge >= 0.3 is 6.08 Å². The SMILES string of the molecule is FC(F)=C(F)CCSc1cnns1. The van der Waals surface area contributed by atoms with E-state index >= 15 is 0 Å². The zero-order valence-corrected chi connectivity index (χ0v) is 7.97. The lowest BCUT2D eigenvalue weighted by atomic mass is 10.4. The number of hydrogen-bond acceptors (Lipinski definition) is 4. The van der Waals surface area contributed by atoms with E-state index in [0.29, 0.717) is 0 Å². The van der Waals surface area contributed by atoms with Gasteiger partial charge in [0.2, 0.25) is 0 Å². The van der Waals surface area contributed by atoms with Crippen molar-refractivity contribution in [1.82, 2.24) is 9.59 Å².